The first-order valence-electron chi connectivity index (χ1n) is 18.7. The lowest BCUT2D eigenvalue weighted by Gasteiger charge is -2.33. The topological polar surface area (TPSA) is 107 Å². The first-order valence-corrected chi connectivity index (χ1v) is 18.7. The normalized spacial score (nSPS) is 30.1. The number of aromatic amines is 1. The van der Waals surface area contributed by atoms with E-state index in [1.807, 2.05) is 26.0 Å². The van der Waals surface area contributed by atoms with E-state index in [2.05, 4.69) is 77.5 Å². The first-order chi connectivity index (χ1) is 24.0. The second-order valence-corrected chi connectivity index (χ2v) is 14.5. The van der Waals surface area contributed by atoms with E-state index in [4.69, 9.17) is 19.5 Å². The van der Waals surface area contributed by atoms with Gasteiger partial charge >= 0.3 is 11.9 Å². The lowest BCUT2D eigenvalue weighted by molar-refractivity contribution is -0.388. The third-order valence-corrected chi connectivity index (χ3v) is 12.7. The minimum absolute atomic E-state index is 0.00836. The van der Waals surface area contributed by atoms with E-state index in [1.165, 1.54) is 11.1 Å². The number of hydrogen-bond acceptors (Lipinski definition) is 6. The number of hydrogen-bond donors (Lipinski definition) is 2. The molecule has 0 radical (unpaired) electrons. The minimum atomic E-state index is -0.608. The van der Waals surface area contributed by atoms with Crippen molar-refractivity contribution < 1.29 is 24.1 Å². The van der Waals surface area contributed by atoms with Crippen LogP contribution in [0, 0.1) is 29.6 Å². The van der Waals surface area contributed by atoms with E-state index in [9.17, 15) is 9.59 Å². The summed E-state index contributed by atoms with van der Waals surface area (Å²) >= 11 is 0. The summed E-state index contributed by atoms with van der Waals surface area (Å²) < 4.78 is 11.4. The number of aliphatic imine (C=N–C) groups is 2. The molecule has 8 heteroatoms. The lowest BCUT2D eigenvalue weighted by Crippen LogP contribution is -2.69. The van der Waals surface area contributed by atoms with Crippen LogP contribution in [0.4, 0.5) is 0 Å². The number of esters is 2. The zero-order chi connectivity index (χ0) is 35.9. The Labute approximate surface area is 295 Å². The summed E-state index contributed by atoms with van der Waals surface area (Å²) in [5, 5.41) is 1.99. The van der Waals surface area contributed by atoms with Crippen LogP contribution in [0.5, 0.6) is 0 Å². The van der Waals surface area contributed by atoms with Crippen LogP contribution < -0.4 is 15.7 Å². The summed E-state index contributed by atoms with van der Waals surface area (Å²) in [6.45, 7) is 21.8. The number of carbonyl (C=O) groups excluding carboxylic acids is 2. The summed E-state index contributed by atoms with van der Waals surface area (Å²) in [7, 11) is 0. The van der Waals surface area contributed by atoms with Gasteiger partial charge in [-0.25, -0.2) is 14.6 Å². The molecule has 0 fully saturated rings. The molecule has 2 aliphatic carbocycles. The molecule has 8 bridgehead atoms. The number of rotatable bonds is 8. The van der Waals surface area contributed by atoms with Gasteiger partial charge in [-0.1, -0.05) is 41.5 Å². The Morgan fingerprint density at radius 2 is 1.52 bits per heavy atom. The summed E-state index contributed by atoms with van der Waals surface area (Å²) in [5.74, 6) is -0.606. The molecule has 6 aliphatic rings. The quantitative estimate of drug-likeness (QED) is 0.394. The van der Waals surface area contributed by atoms with Crippen LogP contribution in [0.2, 0.25) is 0 Å². The maximum absolute atomic E-state index is 13.8. The molecule has 0 spiro atoms. The summed E-state index contributed by atoms with van der Waals surface area (Å²) in [4.78, 5) is 46.1. The Morgan fingerprint density at radius 3 is 2.12 bits per heavy atom. The van der Waals surface area contributed by atoms with Crippen molar-refractivity contribution in [3.05, 3.63) is 79.3 Å². The van der Waals surface area contributed by atoms with Gasteiger partial charge in [0.15, 0.2) is 0 Å². The van der Waals surface area contributed by atoms with Crippen molar-refractivity contribution in [1.29, 1.82) is 0 Å². The Bertz CT molecular complexity index is 2130. The Kier molecular flexibility index (Phi) is 8.31. The van der Waals surface area contributed by atoms with Gasteiger partial charge in [0.25, 0.3) is 0 Å². The zero-order valence-corrected chi connectivity index (χ0v) is 31.3. The van der Waals surface area contributed by atoms with Gasteiger partial charge in [0.05, 0.1) is 58.1 Å². The van der Waals surface area contributed by atoms with Crippen LogP contribution in [0.1, 0.15) is 92.7 Å². The molecule has 2 N–H and O–H groups in total. The van der Waals surface area contributed by atoms with Crippen molar-refractivity contribution in [3.8, 4) is 0 Å². The highest BCUT2D eigenvalue weighted by Gasteiger charge is 2.58. The van der Waals surface area contributed by atoms with Gasteiger partial charge in [-0.3, -0.25) is 9.98 Å². The standard InChI is InChI=1S/C42H50N4O4/c1-11-25-21(7)35-27-17-29(39(47)49-15-5)42(14-4)24(10)32(46-37(27)42)20-34-26(12-2)22(8)36(44-34)28-18-30(40(48)50-16-6)41(13-3)23(9)31(45-38(28)41)19-33(25)43-35/h17-20,23-24,31,44H,11-16H2,1-10H3/p+1/b33-19+,34-20?,36-28?. The van der Waals surface area contributed by atoms with Gasteiger partial charge in [0, 0.05) is 45.2 Å². The van der Waals surface area contributed by atoms with Crippen LogP contribution in [0.15, 0.2) is 67.5 Å². The minimum Gasteiger partial charge on any atom is -0.463 e. The molecule has 5 atom stereocenters. The van der Waals surface area contributed by atoms with Crippen molar-refractivity contribution >= 4 is 40.7 Å². The van der Waals surface area contributed by atoms with E-state index in [1.54, 1.807) is 0 Å². The summed E-state index contributed by atoms with van der Waals surface area (Å²) in [5.41, 5.74) is 11.7. The van der Waals surface area contributed by atoms with E-state index >= 15 is 0 Å². The highest BCUT2D eigenvalue weighted by atomic mass is 16.5. The van der Waals surface area contributed by atoms with Crippen LogP contribution in [-0.2, 0) is 25.5 Å². The second kappa shape index (κ2) is 12.2. The molecule has 0 aromatic carbocycles. The number of allylic oxidation sites excluding steroid dienone is 6. The maximum Gasteiger partial charge on any atom is 0.335 e. The average molecular weight is 676 g/mol. The summed E-state index contributed by atoms with van der Waals surface area (Å²) in [6.07, 6.45) is 11.6. The number of nitrogens with one attached hydrogen (secondary N) is 2. The molecule has 5 unspecified atom stereocenters. The molecule has 8 nitrogen and oxygen atoms in total. The number of carbonyl (C=O) groups is 2. The zero-order valence-electron chi connectivity index (χ0n) is 31.3. The van der Waals surface area contributed by atoms with Gasteiger partial charge in [0.2, 0.25) is 11.4 Å². The average Bonchev–Trinajstić information content (AvgIpc) is 3.89. The maximum atomic E-state index is 13.8. The smallest absolute Gasteiger partial charge is 0.335 e. The second-order valence-electron chi connectivity index (χ2n) is 14.5. The van der Waals surface area contributed by atoms with Crippen molar-refractivity contribution in [2.45, 2.75) is 101 Å². The predicted molar refractivity (Wildman–Crippen MR) is 198 cm³/mol. The van der Waals surface area contributed by atoms with Gasteiger partial charge in [0.1, 0.15) is 0 Å². The van der Waals surface area contributed by atoms with E-state index in [0.717, 1.165) is 80.8 Å². The molecule has 0 saturated carbocycles. The fourth-order valence-electron chi connectivity index (χ4n) is 10.0. The molecular weight excluding hydrogens is 624 g/mol. The van der Waals surface area contributed by atoms with Crippen molar-refractivity contribution in [3.63, 3.8) is 0 Å². The van der Waals surface area contributed by atoms with E-state index in [-0.39, 0.29) is 29.8 Å². The Balaban J connectivity index is 1.60. The predicted octanol–water partition coefficient (Wildman–Crippen LogP) is 4.58. The Morgan fingerprint density at radius 1 is 0.880 bits per heavy atom. The fraction of sp³-hybridized carbons (Fsp3) is 0.500. The monoisotopic (exact) mass is 675 g/mol. The fourth-order valence-corrected chi connectivity index (χ4v) is 10.0. The molecule has 0 amide bonds. The molecular formula is C42H51N4O4+. The highest BCUT2D eigenvalue weighted by molar-refractivity contribution is 6.33. The molecule has 262 valence electrons. The number of H-pyrrole nitrogens is 1. The summed E-state index contributed by atoms with van der Waals surface area (Å²) in [6, 6.07) is -0.174. The number of nitrogens with zero attached hydrogens (tertiary/aromatic N) is 2. The first kappa shape index (κ1) is 34.1. The van der Waals surface area contributed by atoms with E-state index < -0.39 is 10.8 Å². The molecule has 1 aromatic heterocycles. The van der Waals surface area contributed by atoms with Crippen LogP contribution in [0.25, 0.3) is 11.6 Å². The van der Waals surface area contributed by atoms with Crippen LogP contribution in [-0.4, -0.2) is 53.3 Å². The van der Waals surface area contributed by atoms with Crippen molar-refractivity contribution in [1.82, 2.24) is 4.98 Å². The molecule has 50 heavy (non-hydrogen) atoms. The van der Waals surface area contributed by atoms with Gasteiger partial charge < -0.3 is 14.5 Å². The van der Waals surface area contributed by atoms with Crippen molar-refractivity contribution in [2.75, 3.05) is 13.2 Å². The lowest BCUT2D eigenvalue weighted by atomic mass is 9.67. The molecule has 0 saturated heterocycles. The van der Waals surface area contributed by atoms with Crippen LogP contribution >= 0.6 is 0 Å². The van der Waals surface area contributed by atoms with Gasteiger partial charge in [-0.05, 0) is 88.7 Å². The molecule has 1 aromatic rings. The van der Waals surface area contributed by atoms with Crippen molar-refractivity contribution in [2.24, 2.45) is 32.7 Å². The third kappa shape index (κ3) is 4.32. The van der Waals surface area contributed by atoms with E-state index in [0.29, 0.717) is 30.8 Å². The number of fused-ring (bicyclic) bond motifs is 5. The largest absolute Gasteiger partial charge is 0.463 e. The Hall–Kier alpha value is -4.33. The molecule has 7 rings (SSSR count). The van der Waals surface area contributed by atoms with Gasteiger partial charge in [-0.2, -0.15) is 0 Å². The highest BCUT2D eigenvalue weighted by Crippen LogP contribution is 2.58. The van der Waals surface area contributed by atoms with Crippen LogP contribution in [0.3, 0.4) is 0 Å². The SMILES string of the molecule is CCOC(=O)C1=CC2=C3N=C(C=c4[nH]c(c(C)c4CC)=C4C=C(C(=O)OCC)C5(CC)C4=NC(/C=C4/[NH+]=C2C(C)=C4CC)C5C)C(C)C13CC. The number of ether oxygens (including phenoxy) is 2. The third-order valence-electron chi connectivity index (χ3n) is 12.7. The number of aromatic nitrogens is 1. The molecule has 5 heterocycles. The molecule has 4 aliphatic heterocycles. The van der Waals surface area contributed by atoms with Gasteiger partial charge in [-0.15, -0.1) is 0 Å².